The number of hydrogen-bond donors (Lipinski definition) is 1. The molecule has 6 nitrogen and oxygen atoms in total. The number of aromatic nitrogens is 2. The second-order valence-corrected chi connectivity index (χ2v) is 5.36. The highest BCUT2D eigenvalue weighted by molar-refractivity contribution is 7.89. The smallest absolute Gasteiger partial charge is 0.246 e. The Morgan fingerprint density at radius 2 is 2.38 bits per heavy atom. The molecule has 0 aliphatic rings. The van der Waals surface area contributed by atoms with E-state index >= 15 is 0 Å². The molecule has 0 aliphatic carbocycles. The standard InChI is InChI=1S/C9H14N4O2S/c1-3-13(7-8(2)4-10)16(14,15)9-5-11-12-6-9/h5-6,8H,3,7H2,1-2H3,(H,11,12). The summed E-state index contributed by atoms with van der Waals surface area (Å²) in [6, 6.07) is 2.02. The quantitative estimate of drug-likeness (QED) is 0.817. The Kier molecular flexibility index (Phi) is 4.04. The molecule has 1 aromatic rings. The third kappa shape index (κ3) is 2.59. The van der Waals surface area contributed by atoms with Crippen LogP contribution in [0.2, 0.25) is 0 Å². The number of hydrogen-bond acceptors (Lipinski definition) is 4. The molecule has 16 heavy (non-hydrogen) atoms. The molecule has 0 aliphatic heterocycles. The Morgan fingerprint density at radius 1 is 1.69 bits per heavy atom. The minimum Gasteiger partial charge on any atom is -0.284 e. The zero-order valence-electron chi connectivity index (χ0n) is 9.21. The van der Waals surface area contributed by atoms with E-state index in [1.165, 1.54) is 16.7 Å². The van der Waals surface area contributed by atoms with Crippen molar-refractivity contribution in [3.05, 3.63) is 12.4 Å². The first-order valence-electron chi connectivity index (χ1n) is 4.91. The van der Waals surface area contributed by atoms with E-state index in [1.54, 1.807) is 13.8 Å². The summed E-state index contributed by atoms with van der Waals surface area (Å²) in [5, 5.41) is 14.8. The fraction of sp³-hybridized carbons (Fsp3) is 0.556. The molecular weight excluding hydrogens is 228 g/mol. The molecule has 88 valence electrons. The first kappa shape index (κ1) is 12.7. The third-order valence-corrected chi connectivity index (χ3v) is 4.07. The topological polar surface area (TPSA) is 89.8 Å². The van der Waals surface area contributed by atoms with Gasteiger partial charge in [-0.2, -0.15) is 14.7 Å². The van der Waals surface area contributed by atoms with E-state index < -0.39 is 10.0 Å². The van der Waals surface area contributed by atoms with Gasteiger partial charge >= 0.3 is 0 Å². The summed E-state index contributed by atoms with van der Waals surface area (Å²) >= 11 is 0. The van der Waals surface area contributed by atoms with Gasteiger partial charge in [0.15, 0.2) is 0 Å². The van der Waals surface area contributed by atoms with Crippen molar-refractivity contribution in [1.82, 2.24) is 14.5 Å². The predicted octanol–water partition coefficient (Wildman–Crippen LogP) is 0.580. The first-order valence-corrected chi connectivity index (χ1v) is 6.35. The lowest BCUT2D eigenvalue weighted by Crippen LogP contribution is -2.34. The molecule has 0 bridgehead atoms. The van der Waals surface area contributed by atoms with Crippen LogP contribution in [0.25, 0.3) is 0 Å². The van der Waals surface area contributed by atoms with Gasteiger partial charge in [-0.1, -0.05) is 6.92 Å². The molecule has 0 spiro atoms. The molecule has 0 aromatic carbocycles. The summed E-state index contributed by atoms with van der Waals surface area (Å²) in [6.45, 7) is 3.95. The van der Waals surface area contributed by atoms with Crippen LogP contribution in [0.3, 0.4) is 0 Å². The summed E-state index contributed by atoms with van der Waals surface area (Å²) in [6.07, 6.45) is 2.59. The number of H-pyrrole nitrogens is 1. The fourth-order valence-electron chi connectivity index (χ4n) is 1.27. The molecule has 1 N–H and O–H groups in total. The predicted molar refractivity (Wildman–Crippen MR) is 57.8 cm³/mol. The van der Waals surface area contributed by atoms with Crippen molar-refractivity contribution < 1.29 is 8.42 Å². The number of nitriles is 1. The van der Waals surface area contributed by atoms with Gasteiger partial charge in [-0.05, 0) is 6.92 Å². The zero-order chi connectivity index (χ0) is 12.2. The van der Waals surface area contributed by atoms with Gasteiger partial charge in [-0.15, -0.1) is 0 Å². The van der Waals surface area contributed by atoms with Gasteiger partial charge in [-0.25, -0.2) is 8.42 Å². The molecule has 1 rings (SSSR count). The highest BCUT2D eigenvalue weighted by Gasteiger charge is 2.25. The Hall–Kier alpha value is -1.39. The fourth-order valence-corrected chi connectivity index (χ4v) is 2.72. The van der Waals surface area contributed by atoms with Crippen molar-refractivity contribution in [3.63, 3.8) is 0 Å². The molecule has 1 aromatic heterocycles. The number of sulfonamides is 1. The van der Waals surface area contributed by atoms with Crippen LogP contribution in [0.4, 0.5) is 0 Å². The highest BCUT2D eigenvalue weighted by Crippen LogP contribution is 2.14. The first-order chi connectivity index (χ1) is 7.52. The second kappa shape index (κ2) is 5.09. The van der Waals surface area contributed by atoms with Crippen LogP contribution in [0.15, 0.2) is 17.3 Å². The molecule has 7 heteroatoms. The van der Waals surface area contributed by atoms with E-state index in [1.807, 2.05) is 6.07 Å². The van der Waals surface area contributed by atoms with E-state index in [0.717, 1.165) is 0 Å². The van der Waals surface area contributed by atoms with Crippen molar-refractivity contribution in [2.24, 2.45) is 5.92 Å². The van der Waals surface area contributed by atoms with Crippen molar-refractivity contribution in [3.8, 4) is 6.07 Å². The van der Waals surface area contributed by atoms with Crippen molar-refractivity contribution >= 4 is 10.0 Å². The van der Waals surface area contributed by atoms with E-state index in [-0.39, 0.29) is 17.4 Å². The van der Waals surface area contributed by atoms with Crippen LogP contribution < -0.4 is 0 Å². The molecule has 1 atom stereocenters. The Balaban J connectivity index is 2.93. The minimum absolute atomic E-state index is 0.125. The van der Waals surface area contributed by atoms with E-state index in [2.05, 4.69) is 10.2 Å². The third-order valence-electron chi connectivity index (χ3n) is 2.16. The van der Waals surface area contributed by atoms with Crippen LogP contribution in [0.5, 0.6) is 0 Å². The van der Waals surface area contributed by atoms with Crippen LogP contribution in [0.1, 0.15) is 13.8 Å². The maximum absolute atomic E-state index is 12.0. The molecule has 0 amide bonds. The lowest BCUT2D eigenvalue weighted by Gasteiger charge is -2.20. The average Bonchev–Trinajstić information content (AvgIpc) is 2.78. The van der Waals surface area contributed by atoms with E-state index in [9.17, 15) is 8.42 Å². The van der Waals surface area contributed by atoms with Crippen molar-refractivity contribution in [2.45, 2.75) is 18.7 Å². The van der Waals surface area contributed by atoms with Gasteiger partial charge in [0.1, 0.15) is 4.90 Å². The molecule has 0 saturated heterocycles. The normalized spacial score (nSPS) is 13.6. The van der Waals surface area contributed by atoms with Gasteiger partial charge in [-0.3, -0.25) is 5.10 Å². The summed E-state index contributed by atoms with van der Waals surface area (Å²) in [5.74, 6) is -0.332. The lowest BCUT2D eigenvalue weighted by molar-refractivity contribution is 0.400. The minimum atomic E-state index is -3.52. The maximum Gasteiger partial charge on any atom is 0.246 e. The van der Waals surface area contributed by atoms with Crippen molar-refractivity contribution in [1.29, 1.82) is 5.26 Å². The average molecular weight is 242 g/mol. The van der Waals surface area contributed by atoms with Crippen molar-refractivity contribution in [2.75, 3.05) is 13.1 Å². The van der Waals surface area contributed by atoms with E-state index in [4.69, 9.17) is 5.26 Å². The second-order valence-electron chi connectivity index (χ2n) is 3.42. The van der Waals surface area contributed by atoms with Crippen LogP contribution in [-0.2, 0) is 10.0 Å². The molecule has 0 fully saturated rings. The SMILES string of the molecule is CCN(CC(C)C#N)S(=O)(=O)c1cn[nH]c1. The molecular formula is C9H14N4O2S. The van der Waals surface area contributed by atoms with Gasteiger partial charge in [0.25, 0.3) is 0 Å². The lowest BCUT2D eigenvalue weighted by atomic mass is 10.2. The van der Waals surface area contributed by atoms with Gasteiger partial charge in [0.05, 0.1) is 18.2 Å². The summed E-state index contributed by atoms with van der Waals surface area (Å²) in [5.41, 5.74) is 0. The highest BCUT2D eigenvalue weighted by atomic mass is 32.2. The molecule has 0 radical (unpaired) electrons. The maximum atomic E-state index is 12.0. The summed E-state index contributed by atoms with van der Waals surface area (Å²) < 4.78 is 25.3. The molecule has 1 unspecified atom stereocenters. The largest absolute Gasteiger partial charge is 0.284 e. The molecule has 0 saturated carbocycles. The number of nitrogens with one attached hydrogen (secondary N) is 1. The van der Waals surface area contributed by atoms with Gasteiger partial charge in [0, 0.05) is 19.3 Å². The number of rotatable bonds is 5. The summed E-state index contributed by atoms with van der Waals surface area (Å²) in [7, 11) is -3.52. The van der Waals surface area contributed by atoms with Gasteiger partial charge < -0.3 is 0 Å². The van der Waals surface area contributed by atoms with Crippen LogP contribution >= 0.6 is 0 Å². The monoisotopic (exact) mass is 242 g/mol. The van der Waals surface area contributed by atoms with Gasteiger partial charge in [0.2, 0.25) is 10.0 Å². The Morgan fingerprint density at radius 3 is 2.81 bits per heavy atom. The zero-order valence-corrected chi connectivity index (χ0v) is 10.0. The van der Waals surface area contributed by atoms with E-state index in [0.29, 0.717) is 6.54 Å². The number of nitrogens with zero attached hydrogens (tertiary/aromatic N) is 3. The Bertz CT molecular complexity index is 460. The van der Waals surface area contributed by atoms with Crippen LogP contribution in [0, 0.1) is 17.2 Å². The summed E-state index contributed by atoms with van der Waals surface area (Å²) in [4.78, 5) is 0.125. The van der Waals surface area contributed by atoms with Crippen LogP contribution in [-0.4, -0.2) is 36.0 Å². The molecule has 1 heterocycles. The Labute approximate surface area is 94.9 Å². The number of aromatic amines is 1.